The van der Waals surface area contributed by atoms with E-state index < -0.39 is 5.41 Å². The summed E-state index contributed by atoms with van der Waals surface area (Å²) in [6.07, 6.45) is 4.97. The van der Waals surface area contributed by atoms with Gasteiger partial charge in [-0.25, -0.2) is 4.90 Å². The normalized spacial score (nSPS) is 20.9. The average molecular weight is 347 g/mol. The molecule has 1 heterocycles. The van der Waals surface area contributed by atoms with Crippen LogP contribution in [0.4, 0.5) is 5.69 Å². The van der Waals surface area contributed by atoms with Crippen LogP contribution in [0.2, 0.25) is 0 Å². The van der Waals surface area contributed by atoms with E-state index in [-0.39, 0.29) is 18.2 Å². The van der Waals surface area contributed by atoms with Crippen molar-refractivity contribution in [2.24, 2.45) is 5.41 Å². The third-order valence-electron chi connectivity index (χ3n) is 4.53. The molecule has 0 atom stereocenters. The second kappa shape index (κ2) is 5.27. The van der Waals surface area contributed by atoms with Crippen molar-refractivity contribution in [2.75, 3.05) is 4.90 Å². The highest BCUT2D eigenvalue weighted by molar-refractivity contribution is 9.10. The smallest absolute Gasteiger partial charge is 0.240 e. The Morgan fingerprint density at radius 1 is 1.19 bits per heavy atom. The summed E-state index contributed by atoms with van der Waals surface area (Å²) < 4.78 is 0.752. The molecule has 1 aromatic rings. The van der Waals surface area contributed by atoms with Crippen molar-refractivity contribution in [3.63, 3.8) is 0 Å². The number of anilines is 1. The Labute approximate surface area is 131 Å². The lowest BCUT2D eigenvalue weighted by Crippen LogP contribution is -2.37. The van der Waals surface area contributed by atoms with Crippen molar-refractivity contribution in [3.05, 3.63) is 28.2 Å². The molecule has 0 aromatic heterocycles. The first-order chi connectivity index (χ1) is 10.1. The molecule has 1 aromatic carbocycles. The highest BCUT2D eigenvalue weighted by Gasteiger charge is 2.52. The lowest BCUT2D eigenvalue weighted by Gasteiger charge is -2.30. The van der Waals surface area contributed by atoms with Crippen LogP contribution >= 0.6 is 15.9 Å². The third kappa shape index (κ3) is 2.28. The van der Waals surface area contributed by atoms with Crippen molar-refractivity contribution in [2.45, 2.75) is 38.5 Å². The molecule has 0 radical (unpaired) electrons. The number of benzene rings is 1. The van der Waals surface area contributed by atoms with Crippen LogP contribution in [-0.4, -0.2) is 11.8 Å². The molecular formula is C16H15BrN2O2. The van der Waals surface area contributed by atoms with Crippen molar-refractivity contribution in [3.8, 4) is 6.07 Å². The molecule has 1 aliphatic heterocycles. The lowest BCUT2D eigenvalue weighted by molar-refractivity contribution is -0.127. The summed E-state index contributed by atoms with van der Waals surface area (Å²) in [5.41, 5.74) is 0.238. The number of rotatable bonds is 1. The Bertz CT molecular complexity index is 657. The van der Waals surface area contributed by atoms with Crippen LogP contribution in [0.3, 0.4) is 0 Å². The highest BCUT2D eigenvalue weighted by atomic mass is 79.9. The Morgan fingerprint density at radius 2 is 1.90 bits per heavy atom. The topological polar surface area (TPSA) is 61.2 Å². The van der Waals surface area contributed by atoms with Crippen molar-refractivity contribution in [1.29, 1.82) is 5.26 Å². The Morgan fingerprint density at radius 3 is 2.57 bits per heavy atom. The van der Waals surface area contributed by atoms with Crippen LogP contribution in [0.15, 0.2) is 22.7 Å². The van der Waals surface area contributed by atoms with Gasteiger partial charge in [0.15, 0.2) is 0 Å². The van der Waals surface area contributed by atoms with Crippen LogP contribution in [0.5, 0.6) is 0 Å². The van der Waals surface area contributed by atoms with Gasteiger partial charge >= 0.3 is 0 Å². The number of nitriles is 1. The van der Waals surface area contributed by atoms with Gasteiger partial charge in [-0.1, -0.05) is 35.2 Å². The Balaban J connectivity index is 2.04. The number of imide groups is 1. The molecule has 1 spiro atoms. The molecule has 3 rings (SSSR count). The van der Waals surface area contributed by atoms with Crippen molar-refractivity contribution >= 4 is 33.4 Å². The van der Waals surface area contributed by atoms with Gasteiger partial charge in [0, 0.05) is 10.9 Å². The maximum absolute atomic E-state index is 12.9. The molecule has 5 heteroatoms. The molecule has 2 fully saturated rings. The number of hydrogen-bond donors (Lipinski definition) is 0. The number of hydrogen-bond acceptors (Lipinski definition) is 3. The summed E-state index contributed by atoms with van der Waals surface area (Å²) in [6, 6.07) is 7.11. The first-order valence-electron chi connectivity index (χ1n) is 7.14. The highest BCUT2D eigenvalue weighted by Crippen LogP contribution is 2.47. The monoisotopic (exact) mass is 346 g/mol. The fourth-order valence-electron chi connectivity index (χ4n) is 3.44. The Kier molecular flexibility index (Phi) is 3.58. The summed E-state index contributed by atoms with van der Waals surface area (Å²) in [6.45, 7) is 0. The molecule has 0 bridgehead atoms. The number of amides is 2. The maximum atomic E-state index is 12.9. The van der Waals surface area contributed by atoms with E-state index in [1.807, 2.05) is 0 Å². The molecule has 1 saturated carbocycles. The minimum Gasteiger partial charge on any atom is -0.274 e. The molecule has 1 aliphatic carbocycles. The Hall–Kier alpha value is -1.67. The van der Waals surface area contributed by atoms with Crippen molar-refractivity contribution in [1.82, 2.24) is 0 Å². The zero-order valence-electron chi connectivity index (χ0n) is 11.6. The largest absolute Gasteiger partial charge is 0.274 e. The summed E-state index contributed by atoms with van der Waals surface area (Å²) in [5.74, 6) is -0.307. The predicted octanol–water partition coefficient (Wildman–Crippen LogP) is 3.53. The van der Waals surface area contributed by atoms with Crippen LogP contribution in [0, 0.1) is 16.7 Å². The van der Waals surface area contributed by atoms with Gasteiger partial charge in [0.2, 0.25) is 11.8 Å². The minimum absolute atomic E-state index is 0.123. The number of carbonyl (C=O) groups is 2. The summed E-state index contributed by atoms with van der Waals surface area (Å²) in [4.78, 5) is 26.5. The number of carbonyl (C=O) groups excluding carboxylic acids is 2. The van der Waals surface area contributed by atoms with Crippen molar-refractivity contribution < 1.29 is 9.59 Å². The predicted molar refractivity (Wildman–Crippen MR) is 81.5 cm³/mol. The van der Waals surface area contributed by atoms with Gasteiger partial charge in [0.25, 0.3) is 0 Å². The lowest BCUT2D eigenvalue weighted by atomic mass is 9.73. The minimum atomic E-state index is -0.523. The second-order valence-corrected chi connectivity index (χ2v) is 6.74. The molecule has 2 amide bonds. The summed E-state index contributed by atoms with van der Waals surface area (Å²) >= 11 is 3.34. The molecule has 1 saturated heterocycles. The van der Waals surface area contributed by atoms with Gasteiger partial charge in [-0.15, -0.1) is 0 Å². The van der Waals surface area contributed by atoms with E-state index in [0.717, 1.165) is 36.6 Å². The molecule has 0 N–H and O–H groups in total. The van der Waals surface area contributed by atoms with Gasteiger partial charge < -0.3 is 0 Å². The van der Waals surface area contributed by atoms with Crippen LogP contribution in [0.25, 0.3) is 0 Å². The summed E-state index contributed by atoms with van der Waals surface area (Å²) in [7, 11) is 0. The second-order valence-electron chi connectivity index (χ2n) is 5.83. The number of nitrogens with zero attached hydrogens (tertiary/aromatic N) is 2. The van der Waals surface area contributed by atoms with E-state index in [9.17, 15) is 14.9 Å². The van der Waals surface area contributed by atoms with E-state index in [0.29, 0.717) is 11.3 Å². The quantitative estimate of drug-likeness (QED) is 0.730. The van der Waals surface area contributed by atoms with Gasteiger partial charge in [0.05, 0.1) is 16.7 Å². The van der Waals surface area contributed by atoms with Gasteiger partial charge in [0.1, 0.15) is 6.07 Å². The van der Waals surface area contributed by atoms with E-state index in [1.165, 1.54) is 4.90 Å². The fraction of sp³-hybridized carbons (Fsp3) is 0.438. The SMILES string of the molecule is N#Cc1ccc(Br)cc1N1C(=O)CC2(CCCCC2)C1=O. The zero-order chi connectivity index (χ0) is 15.0. The standard InChI is InChI=1S/C16H15BrN2O2/c17-12-5-4-11(10-18)13(8-12)19-14(20)9-16(15(19)21)6-2-1-3-7-16/h4-5,8H,1-3,6-7,9H2. The van der Waals surface area contributed by atoms with E-state index in [4.69, 9.17) is 0 Å². The van der Waals surface area contributed by atoms with E-state index in [1.54, 1.807) is 18.2 Å². The maximum Gasteiger partial charge on any atom is 0.240 e. The molecule has 2 aliphatic rings. The molecule has 108 valence electrons. The molecular weight excluding hydrogens is 332 g/mol. The average Bonchev–Trinajstić information content (AvgIpc) is 2.70. The van der Waals surface area contributed by atoms with Gasteiger partial charge in [-0.2, -0.15) is 5.26 Å². The summed E-state index contributed by atoms with van der Waals surface area (Å²) in [5, 5.41) is 9.23. The van der Waals surface area contributed by atoms with E-state index >= 15 is 0 Å². The van der Waals surface area contributed by atoms with Gasteiger partial charge in [-0.05, 0) is 31.0 Å². The molecule has 21 heavy (non-hydrogen) atoms. The first kappa shape index (κ1) is 14.3. The zero-order valence-corrected chi connectivity index (χ0v) is 13.1. The number of halogens is 1. The van der Waals surface area contributed by atoms with Gasteiger partial charge in [-0.3, -0.25) is 9.59 Å². The molecule has 4 nitrogen and oxygen atoms in total. The van der Waals surface area contributed by atoms with Crippen LogP contribution < -0.4 is 4.90 Å². The third-order valence-corrected chi connectivity index (χ3v) is 5.02. The van der Waals surface area contributed by atoms with E-state index in [2.05, 4.69) is 22.0 Å². The fourth-order valence-corrected chi connectivity index (χ4v) is 3.79. The van der Waals surface area contributed by atoms with Crippen LogP contribution in [-0.2, 0) is 9.59 Å². The van der Waals surface area contributed by atoms with Crippen LogP contribution in [0.1, 0.15) is 44.1 Å². The first-order valence-corrected chi connectivity index (χ1v) is 7.94. The molecule has 0 unspecified atom stereocenters.